The molecule has 0 bridgehead atoms. The maximum Gasteiger partial charge on any atom is 0.408 e. The highest BCUT2D eigenvalue weighted by Gasteiger charge is 2.47. The van der Waals surface area contributed by atoms with E-state index in [0.717, 1.165) is 0 Å². The minimum atomic E-state index is -3.13. The van der Waals surface area contributed by atoms with Gasteiger partial charge in [-0.15, -0.1) is 12.4 Å². The normalized spacial score (nSPS) is 20.8. The van der Waals surface area contributed by atoms with E-state index in [4.69, 9.17) is 4.74 Å². The summed E-state index contributed by atoms with van der Waals surface area (Å²) in [7, 11) is 1.50. The Morgan fingerprint density at radius 1 is 1.47 bits per heavy atom. The fourth-order valence-corrected chi connectivity index (χ4v) is 1.91. The highest BCUT2D eigenvalue weighted by molar-refractivity contribution is 5.85. The van der Waals surface area contributed by atoms with Gasteiger partial charge in [0, 0.05) is 0 Å². The third-order valence-electron chi connectivity index (χ3n) is 2.87. The lowest BCUT2D eigenvalue weighted by molar-refractivity contribution is -0.104. The van der Waals surface area contributed by atoms with Gasteiger partial charge in [-0.05, 0) is 30.2 Å². The Labute approximate surface area is 115 Å². The molecule has 0 unspecified atom stereocenters. The van der Waals surface area contributed by atoms with Crippen molar-refractivity contribution in [1.82, 2.24) is 5.32 Å². The molecule has 1 aliphatic rings. The minimum absolute atomic E-state index is 0. The third kappa shape index (κ3) is 3.07. The summed E-state index contributed by atoms with van der Waals surface area (Å²) in [4.78, 5) is 11.1. The van der Waals surface area contributed by atoms with Crippen molar-refractivity contribution >= 4 is 18.5 Å². The molecule has 1 N–H and O–H groups in total. The molecule has 1 amide bonds. The number of halogens is 3. The van der Waals surface area contributed by atoms with Crippen molar-refractivity contribution in [2.75, 3.05) is 13.7 Å². The number of alkyl halides is 2. The summed E-state index contributed by atoms with van der Waals surface area (Å²) in [6.45, 7) is 0.782. The molecule has 1 heterocycles. The minimum Gasteiger partial charge on any atom is -0.497 e. The highest BCUT2D eigenvalue weighted by Crippen LogP contribution is 2.36. The first-order valence-electron chi connectivity index (χ1n) is 5.39. The van der Waals surface area contributed by atoms with Gasteiger partial charge in [-0.2, -0.15) is 0 Å². The highest BCUT2D eigenvalue weighted by atomic mass is 35.5. The molecule has 0 radical (unpaired) electrons. The van der Waals surface area contributed by atoms with Gasteiger partial charge in [0.25, 0.3) is 0 Å². The SMILES string of the molecule is COc1ccc([C@H]2NC(=O)OCC2(F)F)c(C)c1.Cl. The fraction of sp³-hybridized carbons (Fsp3) is 0.417. The van der Waals surface area contributed by atoms with E-state index in [2.05, 4.69) is 10.1 Å². The maximum atomic E-state index is 13.7. The number of hydrogen-bond acceptors (Lipinski definition) is 3. The van der Waals surface area contributed by atoms with Gasteiger partial charge in [0.15, 0.2) is 6.61 Å². The van der Waals surface area contributed by atoms with E-state index in [9.17, 15) is 13.6 Å². The van der Waals surface area contributed by atoms with Crippen LogP contribution in [0.5, 0.6) is 5.75 Å². The smallest absolute Gasteiger partial charge is 0.408 e. The van der Waals surface area contributed by atoms with Gasteiger partial charge in [0.2, 0.25) is 0 Å². The predicted octanol–water partition coefficient (Wildman–Crippen LogP) is 2.84. The summed E-state index contributed by atoms with van der Waals surface area (Å²) in [5.74, 6) is -2.55. The molecular weight excluding hydrogens is 280 g/mol. The van der Waals surface area contributed by atoms with Crippen LogP contribution in [0.25, 0.3) is 0 Å². The second kappa shape index (κ2) is 5.61. The molecular formula is C12H14ClF2NO3. The van der Waals surface area contributed by atoms with Gasteiger partial charge >= 0.3 is 12.0 Å². The van der Waals surface area contributed by atoms with E-state index in [1.54, 1.807) is 19.1 Å². The van der Waals surface area contributed by atoms with Crippen LogP contribution in [0.2, 0.25) is 0 Å². The van der Waals surface area contributed by atoms with Gasteiger partial charge in [0.05, 0.1) is 7.11 Å². The molecule has 19 heavy (non-hydrogen) atoms. The van der Waals surface area contributed by atoms with E-state index < -0.39 is 24.7 Å². The van der Waals surface area contributed by atoms with E-state index in [-0.39, 0.29) is 12.4 Å². The van der Waals surface area contributed by atoms with Crippen LogP contribution in [0, 0.1) is 6.92 Å². The first-order chi connectivity index (χ1) is 8.44. The lowest BCUT2D eigenvalue weighted by atomic mass is 9.95. The number of carbonyl (C=O) groups excluding carboxylic acids is 1. The summed E-state index contributed by atoms with van der Waals surface area (Å²) in [5.41, 5.74) is 0.985. The predicted molar refractivity (Wildman–Crippen MR) is 67.2 cm³/mol. The number of methoxy groups -OCH3 is 1. The molecule has 0 saturated carbocycles. The molecule has 7 heteroatoms. The standard InChI is InChI=1S/C12H13F2NO3.ClH/c1-7-5-8(17-2)3-4-9(7)10-12(13,14)6-18-11(16)15-10;/h3-5,10H,6H2,1-2H3,(H,15,16);1H/t10-;/m1./s1. The molecule has 1 atom stereocenters. The molecule has 0 spiro atoms. The summed E-state index contributed by atoms with van der Waals surface area (Å²) < 4.78 is 36.8. The zero-order valence-electron chi connectivity index (χ0n) is 10.4. The number of alkyl carbamates (subject to hydrolysis) is 1. The van der Waals surface area contributed by atoms with Crippen molar-refractivity contribution in [2.45, 2.75) is 18.9 Å². The molecule has 0 aliphatic carbocycles. The summed E-state index contributed by atoms with van der Waals surface area (Å²) in [6, 6.07) is 3.38. The zero-order valence-corrected chi connectivity index (χ0v) is 11.2. The van der Waals surface area contributed by atoms with Gasteiger partial charge < -0.3 is 14.8 Å². The van der Waals surface area contributed by atoms with Crippen molar-refractivity contribution in [3.8, 4) is 5.75 Å². The first-order valence-corrected chi connectivity index (χ1v) is 5.39. The van der Waals surface area contributed by atoms with Crippen molar-refractivity contribution in [3.63, 3.8) is 0 Å². The molecule has 1 aliphatic heterocycles. The summed E-state index contributed by atoms with van der Waals surface area (Å²) >= 11 is 0. The van der Waals surface area contributed by atoms with Crippen LogP contribution in [-0.4, -0.2) is 25.7 Å². The summed E-state index contributed by atoms with van der Waals surface area (Å²) in [5, 5.41) is 2.15. The van der Waals surface area contributed by atoms with E-state index >= 15 is 0 Å². The Kier molecular flexibility index (Phi) is 4.57. The molecule has 1 saturated heterocycles. The quantitative estimate of drug-likeness (QED) is 0.912. The van der Waals surface area contributed by atoms with E-state index in [1.807, 2.05) is 0 Å². The first kappa shape index (κ1) is 15.5. The zero-order chi connectivity index (χ0) is 13.3. The number of aryl methyl sites for hydroxylation is 1. The average Bonchev–Trinajstić information content (AvgIpc) is 2.32. The molecule has 1 aromatic rings. The fourth-order valence-electron chi connectivity index (χ4n) is 1.91. The lowest BCUT2D eigenvalue weighted by Gasteiger charge is -2.32. The van der Waals surface area contributed by atoms with Crippen molar-refractivity contribution in [3.05, 3.63) is 29.3 Å². The summed E-state index contributed by atoms with van der Waals surface area (Å²) in [6.07, 6.45) is -0.832. The van der Waals surface area contributed by atoms with Crippen LogP contribution in [0.15, 0.2) is 18.2 Å². The van der Waals surface area contributed by atoms with Crippen LogP contribution < -0.4 is 10.1 Å². The van der Waals surface area contributed by atoms with E-state index in [0.29, 0.717) is 16.9 Å². The number of cyclic esters (lactones) is 1. The molecule has 1 fully saturated rings. The third-order valence-corrected chi connectivity index (χ3v) is 2.87. The Hall–Kier alpha value is -1.56. The molecule has 2 rings (SSSR count). The molecule has 0 aromatic heterocycles. The maximum absolute atomic E-state index is 13.7. The number of benzene rings is 1. The van der Waals surface area contributed by atoms with Gasteiger partial charge in [-0.3, -0.25) is 0 Å². The van der Waals surface area contributed by atoms with Gasteiger partial charge in [-0.1, -0.05) is 6.07 Å². The number of rotatable bonds is 2. The topological polar surface area (TPSA) is 47.6 Å². The van der Waals surface area contributed by atoms with Gasteiger partial charge in [0.1, 0.15) is 11.8 Å². The second-order valence-corrected chi connectivity index (χ2v) is 4.14. The van der Waals surface area contributed by atoms with Crippen molar-refractivity contribution in [2.24, 2.45) is 0 Å². The Morgan fingerprint density at radius 3 is 2.74 bits per heavy atom. The lowest BCUT2D eigenvalue weighted by Crippen LogP contribution is -2.49. The number of carbonyl (C=O) groups is 1. The number of nitrogens with one attached hydrogen (secondary N) is 1. The van der Waals surface area contributed by atoms with Crippen molar-refractivity contribution < 1.29 is 23.0 Å². The second-order valence-electron chi connectivity index (χ2n) is 4.14. The Morgan fingerprint density at radius 2 is 2.16 bits per heavy atom. The number of amides is 1. The van der Waals surface area contributed by atoms with Crippen LogP contribution in [0.1, 0.15) is 17.2 Å². The monoisotopic (exact) mass is 293 g/mol. The van der Waals surface area contributed by atoms with Crippen LogP contribution >= 0.6 is 12.4 Å². The Balaban J connectivity index is 0.00000180. The van der Waals surface area contributed by atoms with Crippen LogP contribution in [-0.2, 0) is 4.74 Å². The largest absolute Gasteiger partial charge is 0.497 e. The van der Waals surface area contributed by atoms with Crippen molar-refractivity contribution in [1.29, 1.82) is 0 Å². The van der Waals surface area contributed by atoms with Crippen LogP contribution in [0.3, 0.4) is 0 Å². The van der Waals surface area contributed by atoms with Gasteiger partial charge in [-0.25, -0.2) is 13.6 Å². The average molecular weight is 294 g/mol. The number of hydrogen-bond donors (Lipinski definition) is 1. The van der Waals surface area contributed by atoms with E-state index in [1.165, 1.54) is 13.2 Å². The Bertz CT molecular complexity index is 482. The number of ether oxygens (including phenoxy) is 2. The van der Waals surface area contributed by atoms with Crippen LogP contribution in [0.4, 0.5) is 13.6 Å². The molecule has 4 nitrogen and oxygen atoms in total. The molecule has 106 valence electrons. The molecule has 1 aromatic carbocycles.